The molecule has 1 heterocycles. The van der Waals surface area contributed by atoms with E-state index in [1.165, 1.54) is 11.8 Å². The van der Waals surface area contributed by atoms with Crippen LogP contribution in [0, 0.1) is 6.92 Å². The first-order valence-corrected chi connectivity index (χ1v) is 8.50. The number of aromatic nitrogens is 2. The molecule has 2 aromatic rings. The van der Waals surface area contributed by atoms with Crippen LogP contribution in [0.1, 0.15) is 28.7 Å². The van der Waals surface area contributed by atoms with Crippen LogP contribution in [0.2, 0.25) is 0 Å². The van der Waals surface area contributed by atoms with Crippen LogP contribution in [0.25, 0.3) is 0 Å². The van der Waals surface area contributed by atoms with Gasteiger partial charge in [0, 0.05) is 12.2 Å². The zero-order valence-corrected chi connectivity index (χ0v) is 14.4. The molecule has 0 saturated carbocycles. The van der Waals surface area contributed by atoms with Crippen LogP contribution in [0.15, 0.2) is 35.5 Å². The maximum Gasteiger partial charge on any atom is 0.270 e. The first-order valence-electron chi connectivity index (χ1n) is 7.52. The molecular formula is C17H21N3O2S. The van der Waals surface area contributed by atoms with Gasteiger partial charge in [0.05, 0.1) is 7.11 Å². The molecular weight excluding hydrogens is 310 g/mol. The Bertz CT molecular complexity index is 677. The molecule has 1 amide bonds. The Morgan fingerprint density at radius 2 is 2.13 bits per heavy atom. The SMILES string of the molecule is CCSc1nc(C)cc(C(=O)NCCc2cccc(OC)c2)n1. The highest BCUT2D eigenvalue weighted by molar-refractivity contribution is 7.99. The largest absolute Gasteiger partial charge is 0.497 e. The smallest absolute Gasteiger partial charge is 0.270 e. The number of carbonyl (C=O) groups is 1. The minimum absolute atomic E-state index is 0.170. The van der Waals surface area contributed by atoms with Gasteiger partial charge in [-0.15, -0.1) is 0 Å². The highest BCUT2D eigenvalue weighted by Gasteiger charge is 2.10. The van der Waals surface area contributed by atoms with E-state index in [9.17, 15) is 4.79 Å². The van der Waals surface area contributed by atoms with E-state index in [4.69, 9.17) is 4.74 Å². The van der Waals surface area contributed by atoms with Crippen molar-refractivity contribution in [1.29, 1.82) is 0 Å². The maximum absolute atomic E-state index is 12.2. The number of hydrogen-bond acceptors (Lipinski definition) is 5. The fraction of sp³-hybridized carbons (Fsp3) is 0.353. The molecule has 0 bridgehead atoms. The van der Waals surface area contributed by atoms with Crippen molar-refractivity contribution in [2.24, 2.45) is 0 Å². The first kappa shape index (κ1) is 17.3. The van der Waals surface area contributed by atoms with E-state index in [-0.39, 0.29) is 5.91 Å². The number of rotatable bonds is 7. The monoisotopic (exact) mass is 331 g/mol. The van der Waals surface area contributed by atoms with Crippen LogP contribution in [0.5, 0.6) is 5.75 Å². The Balaban J connectivity index is 1.94. The molecule has 23 heavy (non-hydrogen) atoms. The van der Waals surface area contributed by atoms with Gasteiger partial charge < -0.3 is 10.1 Å². The summed E-state index contributed by atoms with van der Waals surface area (Å²) in [6.45, 7) is 4.45. The zero-order chi connectivity index (χ0) is 16.7. The Labute approximate surface area is 140 Å². The first-order chi connectivity index (χ1) is 11.1. The van der Waals surface area contributed by atoms with E-state index in [1.807, 2.05) is 38.1 Å². The third kappa shape index (κ3) is 5.25. The van der Waals surface area contributed by atoms with Crippen molar-refractivity contribution in [3.05, 3.63) is 47.3 Å². The van der Waals surface area contributed by atoms with Crippen molar-refractivity contribution in [2.45, 2.75) is 25.4 Å². The van der Waals surface area contributed by atoms with Crippen LogP contribution in [-0.4, -0.2) is 35.3 Å². The molecule has 0 saturated heterocycles. The lowest BCUT2D eigenvalue weighted by molar-refractivity contribution is 0.0948. The van der Waals surface area contributed by atoms with E-state index >= 15 is 0 Å². The Morgan fingerprint density at radius 1 is 1.30 bits per heavy atom. The predicted molar refractivity (Wildman–Crippen MR) is 92.2 cm³/mol. The summed E-state index contributed by atoms with van der Waals surface area (Å²) in [5.41, 5.74) is 2.33. The molecule has 5 nitrogen and oxygen atoms in total. The minimum Gasteiger partial charge on any atom is -0.497 e. The van der Waals surface area contributed by atoms with E-state index < -0.39 is 0 Å². The molecule has 122 valence electrons. The summed E-state index contributed by atoms with van der Waals surface area (Å²) in [5, 5.41) is 3.55. The number of benzene rings is 1. The topological polar surface area (TPSA) is 64.1 Å². The number of aryl methyl sites for hydroxylation is 1. The lowest BCUT2D eigenvalue weighted by Crippen LogP contribution is -2.27. The Morgan fingerprint density at radius 3 is 2.87 bits per heavy atom. The number of nitrogens with one attached hydrogen (secondary N) is 1. The molecule has 1 aromatic heterocycles. The molecule has 0 fully saturated rings. The molecule has 0 atom stereocenters. The van der Waals surface area contributed by atoms with Gasteiger partial charge in [0.25, 0.3) is 5.91 Å². The third-order valence-electron chi connectivity index (χ3n) is 3.17. The molecule has 0 aliphatic rings. The number of carbonyl (C=O) groups excluding carboxylic acids is 1. The van der Waals surface area contributed by atoms with Crippen LogP contribution in [0.3, 0.4) is 0 Å². The highest BCUT2D eigenvalue weighted by Crippen LogP contribution is 2.14. The van der Waals surface area contributed by atoms with E-state index in [0.29, 0.717) is 17.4 Å². The van der Waals surface area contributed by atoms with Gasteiger partial charge in [-0.05, 0) is 42.9 Å². The Kier molecular flexibility index (Phi) is 6.40. The lowest BCUT2D eigenvalue weighted by atomic mass is 10.1. The average Bonchev–Trinajstić information content (AvgIpc) is 2.54. The maximum atomic E-state index is 12.2. The second kappa shape index (κ2) is 8.53. The molecule has 0 radical (unpaired) electrons. The zero-order valence-electron chi connectivity index (χ0n) is 13.6. The van der Waals surface area contributed by atoms with Gasteiger partial charge in [0.15, 0.2) is 5.16 Å². The molecule has 1 N–H and O–H groups in total. The average molecular weight is 331 g/mol. The lowest BCUT2D eigenvalue weighted by Gasteiger charge is -2.08. The quantitative estimate of drug-likeness (QED) is 0.624. The van der Waals surface area contributed by atoms with Crippen molar-refractivity contribution in [3.63, 3.8) is 0 Å². The summed E-state index contributed by atoms with van der Waals surface area (Å²) >= 11 is 1.53. The summed E-state index contributed by atoms with van der Waals surface area (Å²) in [5.74, 6) is 1.53. The number of thioether (sulfide) groups is 1. The molecule has 0 aliphatic carbocycles. The molecule has 6 heteroatoms. The van der Waals surface area contributed by atoms with E-state index in [1.54, 1.807) is 13.2 Å². The minimum atomic E-state index is -0.170. The van der Waals surface area contributed by atoms with Crippen LogP contribution < -0.4 is 10.1 Å². The van der Waals surface area contributed by atoms with Crippen molar-refractivity contribution >= 4 is 17.7 Å². The summed E-state index contributed by atoms with van der Waals surface area (Å²) in [4.78, 5) is 20.8. The van der Waals surface area contributed by atoms with Gasteiger partial charge in [-0.1, -0.05) is 30.8 Å². The van der Waals surface area contributed by atoms with E-state index in [2.05, 4.69) is 15.3 Å². The van der Waals surface area contributed by atoms with Crippen molar-refractivity contribution in [2.75, 3.05) is 19.4 Å². The van der Waals surface area contributed by atoms with Crippen LogP contribution in [0.4, 0.5) is 0 Å². The number of methoxy groups -OCH3 is 1. The van der Waals surface area contributed by atoms with Crippen molar-refractivity contribution < 1.29 is 9.53 Å². The fourth-order valence-electron chi connectivity index (χ4n) is 2.09. The van der Waals surface area contributed by atoms with Gasteiger partial charge in [-0.2, -0.15) is 0 Å². The molecule has 0 unspecified atom stereocenters. The van der Waals surface area contributed by atoms with Gasteiger partial charge in [-0.3, -0.25) is 4.79 Å². The van der Waals surface area contributed by atoms with E-state index in [0.717, 1.165) is 29.2 Å². The fourth-order valence-corrected chi connectivity index (χ4v) is 2.72. The van der Waals surface area contributed by atoms with Gasteiger partial charge in [0.2, 0.25) is 0 Å². The van der Waals surface area contributed by atoms with Gasteiger partial charge in [0.1, 0.15) is 11.4 Å². The number of nitrogens with zero attached hydrogens (tertiary/aromatic N) is 2. The third-order valence-corrected chi connectivity index (χ3v) is 3.90. The van der Waals surface area contributed by atoms with Gasteiger partial charge >= 0.3 is 0 Å². The summed E-state index contributed by atoms with van der Waals surface area (Å²) in [6, 6.07) is 9.54. The molecule has 0 aliphatic heterocycles. The standard InChI is InChI=1S/C17H21N3O2S/c1-4-23-17-19-12(2)10-15(20-17)16(21)18-9-8-13-6-5-7-14(11-13)22-3/h5-7,10-11H,4,8-9H2,1-3H3,(H,18,21). The Hall–Kier alpha value is -2.08. The molecule has 2 rings (SSSR count). The predicted octanol–water partition coefficient (Wildman–Crippen LogP) is 2.88. The normalized spacial score (nSPS) is 10.4. The van der Waals surface area contributed by atoms with Crippen LogP contribution in [-0.2, 0) is 6.42 Å². The summed E-state index contributed by atoms with van der Waals surface area (Å²) in [6.07, 6.45) is 0.740. The summed E-state index contributed by atoms with van der Waals surface area (Å²) < 4.78 is 5.19. The number of hydrogen-bond donors (Lipinski definition) is 1. The second-order valence-corrected chi connectivity index (χ2v) is 6.20. The van der Waals surface area contributed by atoms with Crippen molar-refractivity contribution in [3.8, 4) is 5.75 Å². The number of ether oxygens (including phenoxy) is 1. The van der Waals surface area contributed by atoms with Gasteiger partial charge in [-0.25, -0.2) is 9.97 Å². The highest BCUT2D eigenvalue weighted by atomic mass is 32.2. The van der Waals surface area contributed by atoms with Crippen molar-refractivity contribution in [1.82, 2.24) is 15.3 Å². The van der Waals surface area contributed by atoms with Crippen LogP contribution >= 0.6 is 11.8 Å². The summed E-state index contributed by atoms with van der Waals surface area (Å²) in [7, 11) is 1.64. The number of amides is 1. The molecule has 0 spiro atoms. The second-order valence-electron chi connectivity index (χ2n) is 4.97. The molecule has 1 aromatic carbocycles.